The van der Waals surface area contributed by atoms with Gasteiger partial charge >= 0.3 is 0 Å². The summed E-state index contributed by atoms with van der Waals surface area (Å²) in [6, 6.07) is 12.0. The summed E-state index contributed by atoms with van der Waals surface area (Å²) >= 11 is 0. The second-order valence-corrected chi connectivity index (χ2v) is 11.3. The molecule has 2 aliphatic rings. The van der Waals surface area contributed by atoms with Crippen molar-refractivity contribution in [2.45, 2.75) is 44.0 Å². The highest BCUT2D eigenvalue weighted by atomic mass is 32.2. The van der Waals surface area contributed by atoms with Crippen LogP contribution in [0.25, 0.3) is 0 Å². The van der Waals surface area contributed by atoms with Gasteiger partial charge in [-0.1, -0.05) is 38.1 Å². The molecule has 8 heteroatoms. The van der Waals surface area contributed by atoms with Crippen LogP contribution in [0, 0.1) is 5.92 Å². The molecule has 2 aromatic rings. The quantitative estimate of drug-likeness (QED) is 0.649. The topological polar surface area (TPSA) is 73.8 Å². The lowest BCUT2D eigenvalue weighted by Gasteiger charge is -2.38. The van der Waals surface area contributed by atoms with Crippen molar-refractivity contribution in [1.29, 1.82) is 0 Å². The lowest BCUT2D eigenvalue weighted by molar-refractivity contribution is -0.138. The molecule has 1 amide bonds. The molecule has 2 saturated heterocycles. The maximum Gasteiger partial charge on any atom is 0.244 e. The first kappa shape index (κ1) is 23.9. The molecule has 3 heterocycles. The Kier molecular flexibility index (Phi) is 7.46. The number of aromatic nitrogens is 1. The molecule has 0 spiro atoms. The van der Waals surface area contributed by atoms with E-state index in [-0.39, 0.29) is 16.7 Å². The van der Waals surface area contributed by atoms with Crippen molar-refractivity contribution >= 4 is 15.9 Å². The van der Waals surface area contributed by atoms with E-state index in [1.807, 2.05) is 4.90 Å². The van der Waals surface area contributed by atoms with Gasteiger partial charge in [0.15, 0.2) is 0 Å². The number of hydrogen-bond acceptors (Lipinski definition) is 5. The zero-order valence-corrected chi connectivity index (χ0v) is 20.4. The largest absolute Gasteiger partial charge is 0.340 e. The second-order valence-electron chi connectivity index (χ2n) is 9.36. The van der Waals surface area contributed by atoms with Crippen molar-refractivity contribution in [2.24, 2.45) is 5.92 Å². The highest BCUT2D eigenvalue weighted by Gasteiger charge is 2.34. The molecule has 0 atom stereocenters. The molecule has 178 valence electrons. The van der Waals surface area contributed by atoms with E-state index in [0.717, 1.165) is 32.7 Å². The number of carbonyl (C=O) groups excluding carboxylic acids is 1. The second kappa shape index (κ2) is 10.3. The molecule has 0 aliphatic carbocycles. The molecule has 1 aromatic heterocycles. The van der Waals surface area contributed by atoms with Crippen LogP contribution < -0.4 is 0 Å². The maximum atomic E-state index is 13.1. The fraction of sp³-hybridized carbons (Fsp3) is 0.520. The Labute approximate surface area is 197 Å². The number of piperidine rings is 1. The maximum absolute atomic E-state index is 13.1. The van der Waals surface area contributed by atoms with E-state index in [1.165, 1.54) is 21.6 Å². The standard InChI is InChI=1S/C25H34N4O3S/c1-20(2)22-7-5-21(6-8-22)19-27-14-16-28(17-15-27)25(30)23-9-12-29(13-10-23)33(31,32)24-4-3-11-26-18-24/h3-8,11,18,20,23H,9-10,12-17,19H2,1-2H3. The number of pyridine rings is 1. The van der Waals surface area contributed by atoms with E-state index in [0.29, 0.717) is 31.8 Å². The van der Waals surface area contributed by atoms with E-state index in [1.54, 1.807) is 18.3 Å². The minimum atomic E-state index is -3.54. The van der Waals surface area contributed by atoms with E-state index < -0.39 is 10.0 Å². The molecule has 0 saturated carbocycles. The van der Waals surface area contributed by atoms with Gasteiger partial charge in [-0.2, -0.15) is 4.31 Å². The van der Waals surface area contributed by atoms with E-state index >= 15 is 0 Å². The van der Waals surface area contributed by atoms with Crippen LogP contribution in [0.1, 0.15) is 43.7 Å². The lowest BCUT2D eigenvalue weighted by atomic mass is 9.96. The summed E-state index contributed by atoms with van der Waals surface area (Å²) < 4.78 is 27.1. The molecule has 33 heavy (non-hydrogen) atoms. The van der Waals surface area contributed by atoms with Crippen LogP contribution in [0.15, 0.2) is 53.7 Å². The summed E-state index contributed by atoms with van der Waals surface area (Å²) in [5.41, 5.74) is 2.66. The van der Waals surface area contributed by atoms with Crippen molar-refractivity contribution < 1.29 is 13.2 Å². The molecule has 0 N–H and O–H groups in total. The summed E-state index contributed by atoms with van der Waals surface area (Å²) in [7, 11) is -3.54. The van der Waals surface area contributed by atoms with Crippen LogP contribution in [0.5, 0.6) is 0 Å². The van der Waals surface area contributed by atoms with Gasteiger partial charge in [0.1, 0.15) is 4.90 Å². The van der Waals surface area contributed by atoms with Crippen LogP contribution in [-0.2, 0) is 21.4 Å². The van der Waals surface area contributed by atoms with Crippen LogP contribution in [0.3, 0.4) is 0 Å². The summed E-state index contributed by atoms with van der Waals surface area (Å²) in [5, 5.41) is 0. The fourth-order valence-corrected chi connectivity index (χ4v) is 6.08. The van der Waals surface area contributed by atoms with Crippen molar-refractivity contribution in [3.8, 4) is 0 Å². The van der Waals surface area contributed by atoms with Gasteiger partial charge in [-0.15, -0.1) is 0 Å². The fourth-order valence-electron chi connectivity index (χ4n) is 4.64. The summed E-state index contributed by atoms with van der Waals surface area (Å²) in [5.74, 6) is 0.616. The third-order valence-corrected chi connectivity index (χ3v) is 8.69. The number of rotatable bonds is 6. The third-order valence-electron chi connectivity index (χ3n) is 6.81. The Morgan fingerprint density at radius 2 is 1.67 bits per heavy atom. The van der Waals surface area contributed by atoms with Gasteiger partial charge in [0.05, 0.1) is 0 Å². The van der Waals surface area contributed by atoms with Gasteiger partial charge in [0, 0.05) is 64.1 Å². The molecular weight excluding hydrogens is 436 g/mol. The van der Waals surface area contributed by atoms with Crippen LogP contribution in [-0.4, -0.2) is 72.7 Å². The third kappa shape index (κ3) is 5.62. The van der Waals surface area contributed by atoms with Gasteiger partial charge in [-0.05, 0) is 42.0 Å². The average molecular weight is 471 g/mol. The number of piperazine rings is 1. The number of carbonyl (C=O) groups is 1. The number of nitrogens with zero attached hydrogens (tertiary/aromatic N) is 4. The Hall–Kier alpha value is -2.29. The molecule has 2 fully saturated rings. The highest BCUT2D eigenvalue weighted by molar-refractivity contribution is 7.89. The molecule has 0 unspecified atom stereocenters. The van der Waals surface area contributed by atoms with Gasteiger partial charge in [0.25, 0.3) is 0 Å². The minimum Gasteiger partial charge on any atom is -0.340 e. The van der Waals surface area contributed by atoms with Crippen LogP contribution in [0.4, 0.5) is 0 Å². The zero-order chi connectivity index (χ0) is 23.4. The highest BCUT2D eigenvalue weighted by Crippen LogP contribution is 2.25. The van der Waals surface area contributed by atoms with Crippen molar-refractivity contribution in [2.75, 3.05) is 39.3 Å². The first-order valence-electron chi connectivity index (χ1n) is 11.8. The van der Waals surface area contributed by atoms with Gasteiger partial charge in [0.2, 0.25) is 15.9 Å². The van der Waals surface area contributed by atoms with Gasteiger partial charge < -0.3 is 4.90 Å². The van der Waals surface area contributed by atoms with E-state index in [9.17, 15) is 13.2 Å². The Morgan fingerprint density at radius 1 is 1.00 bits per heavy atom. The molecule has 4 rings (SSSR count). The smallest absolute Gasteiger partial charge is 0.244 e. The summed E-state index contributed by atoms with van der Waals surface area (Å²) in [6.07, 6.45) is 4.08. The van der Waals surface area contributed by atoms with Gasteiger partial charge in [-0.25, -0.2) is 8.42 Å². The minimum absolute atomic E-state index is 0.0968. The number of amides is 1. The van der Waals surface area contributed by atoms with Crippen molar-refractivity contribution in [3.63, 3.8) is 0 Å². The Balaban J connectivity index is 1.25. The number of hydrogen-bond donors (Lipinski definition) is 0. The average Bonchev–Trinajstić information content (AvgIpc) is 2.85. The predicted octanol–water partition coefficient (Wildman–Crippen LogP) is 2.95. The van der Waals surface area contributed by atoms with Crippen molar-refractivity contribution in [3.05, 3.63) is 59.9 Å². The monoisotopic (exact) mass is 470 g/mol. The Morgan fingerprint density at radius 3 is 2.24 bits per heavy atom. The SMILES string of the molecule is CC(C)c1ccc(CN2CCN(C(=O)C3CCN(S(=O)(=O)c4cccnc4)CC3)CC2)cc1. The summed E-state index contributed by atoms with van der Waals surface area (Å²) in [4.78, 5) is 21.6. The van der Waals surface area contributed by atoms with Crippen LogP contribution in [0.2, 0.25) is 0 Å². The Bertz CT molecular complexity index is 1030. The predicted molar refractivity (Wildman–Crippen MR) is 128 cm³/mol. The first-order valence-corrected chi connectivity index (χ1v) is 13.3. The van der Waals surface area contributed by atoms with E-state index in [4.69, 9.17) is 0 Å². The first-order chi connectivity index (χ1) is 15.8. The van der Waals surface area contributed by atoms with Crippen LogP contribution >= 0.6 is 0 Å². The molecule has 7 nitrogen and oxygen atoms in total. The molecular formula is C25H34N4O3S. The van der Waals surface area contributed by atoms with Crippen molar-refractivity contribution in [1.82, 2.24) is 19.1 Å². The van der Waals surface area contributed by atoms with E-state index in [2.05, 4.69) is 48.0 Å². The molecule has 0 radical (unpaired) electrons. The normalized spacial score (nSPS) is 19.2. The molecule has 1 aromatic carbocycles. The number of sulfonamides is 1. The zero-order valence-electron chi connectivity index (χ0n) is 19.6. The lowest BCUT2D eigenvalue weighted by Crippen LogP contribution is -2.51. The van der Waals surface area contributed by atoms with Gasteiger partial charge in [-0.3, -0.25) is 14.7 Å². The number of benzene rings is 1. The summed E-state index contributed by atoms with van der Waals surface area (Å²) in [6.45, 7) is 9.26. The molecule has 0 bridgehead atoms. The molecule has 2 aliphatic heterocycles.